The van der Waals surface area contributed by atoms with Crippen LogP contribution in [0, 0.1) is 11.7 Å². The van der Waals surface area contributed by atoms with Gasteiger partial charge in [-0.15, -0.1) is 0 Å². The molecule has 1 aliphatic carbocycles. The molecule has 28 heavy (non-hydrogen) atoms. The van der Waals surface area contributed by atoms with Crippen LogP contribution in [0.5, 0.6) is 0 Å². The van der Waals surface area contributed by atoms with E-state index in [1.165, 1.54) is 19.2 Å². The number of hydrogen-bond acceptors (Lipinski definition) is 3. The second-order valence-electron chi connectivity index (χ2n) is 7.09. The van der Waals surface area contributed by atoms with Crippen LogP contribution in [0.2, 0.25) is 0 Å². The predicted molar refractivity (Wildman–Crippen MR) is 104 cm³/mol. The predicted octanol–water partition coefficient (Wildman–Crippen LogP) is 4.34. The van der Waals surface area contributed by atoms with E-state index in [2.05, 4.69) is 15.4 Å². The highest BCUT2D eigenvalue weighted by atomic mass is 19.1. The molecule has 1 aliphatic rings. The van der Waals surface area contributed by atoms with E-state index in [1.807, 2.05) is 0 Å². The van der Waals surface area contributed by atoms with Crippen LogP contribution in [0.3, 0.4) is 0 Å². The Morgan fingerprint density at radius 1 is 1.07 bits per heavy atom. The van der Waals surface area contributed by atoms with Crippen LogP contribution in [0.4, 0.5) is 9.18 Å². The minimum Gasteiger partial charge on any atom is -0.465 e. The van der Waals surface area contributed by atoms with Gasteiger partial charge in [0.15, 0.2) is 0 Å². The summed E-state index contributed by atoms with van der Waals surface area (Å²) >= 11 is 0. The van der Waals surface area contributed by atoms with Crippen molar-refractivity contribution in [2.75, 3.05) is 7.11 Å². The third-order valence-electron chi connectivity index (χ3n) is 5.22. The summed E-state index contributed by atoms with van der Waals surface area (Å²) in [5, 5.41) is 5.91. The van der Waals surface area contributed by atoms with Gasteiger partial charge in [0, 0.05) is 6.54 Å². The van der Waals surface area contributed by atoms with Gasteiger partial charge in [0.05, 0.1) is 18.7 Å². The maximum atomic E-state index is 13.3. The fourth-order valence-electron chi connectivity index (χ4n) is 3.69. The first-order valence-corrected chi connectivity index (χ1v) is 9.54. The summed E-state index contributed by atoms with van der Waals surface area (Å²) < 4.78 is 17.9. The summed E-state index contributed by atoms with van der Waals surface area (Å²) in [4.78, 5) is 23.9. The van der Waals surface area contributed by atoms with Gasteiger partial charge in [-0.2, -0.15) is 0 Å². The molecule has 2 aromatic rings. The number of halogens is 1. The van der Waals surface area contributed by atoms with Gasteiger partial charge in [-0.25, -0.2) is 14.0 Å². The lowest BCUT2D eigenvalue weighted by atomic mass is 9.91. The number of carbonyl (C=O) groups excluding carboxylic acids is 2. The molecule has 0 aromatic heterocycles. The molecule has 2 aromatic carbocycles. The van der Waals surface area contributed by atoms with E-state index in [4.69, 9.17) is 0 Å². The Hall–Kier alpha value is -2.89. The largest absolute Gasteiger partial charge is 0.465 e. The fourth-order valence-corrected chi connectivity index (χ4v) is 3.69. The van der Waals surface area contributed by atoms with Crippen LogP contribution in [-0.2, 0) is 11.3 Å². The summed E-state index contributed by atoms with van der Waals surface area (Å²) in [6.45, 7) is 0.341. The SMILES string of the molecule is COC(=O)c1ccc(CNC(=O)N[C@H](c2ccc(F)cc2)C2CCCC2)cc1. The molecule has 3 rings (SSSR count). The monoisotopic (exact) mass is 384 g/mol. The number of benzene rings is 2. The molecule has 0 saturated heterocycles. The fraction of sp³-hybridized carbons (Fsp3) is 0.364. The van der Waals surface area contributed by atoms with Crippen molar-refractivity contribution in [1.29, 1.82) is 0 Å². The van der Waals surface area contributed by atoms with E-state index in [9.17, 15) is 14.0 Å². The summed E-state index contributed by atoms with van der Waals surface area (Å²) in [7, 11) is 1.34. The zero-order valence-electron chi connectivity index (χ0n) is 15.9. The van der Waals surface area contributed by atoms with E-state index in [0.717, 1.165) is 36.8 Å². The van der Waals surface area contributed by atoms with E-state index in [1.54, 1.807) is 36.4 Å². The molecule has 0 heterocycles. The van der Waals surface area contributed by atoms with Crippen molar-refractivity contribution in [2.24, 2.45) is 5.92 Å². The quantitative estimate of drug-likeness (QED) is 0.728. The first-order chi connectivity index (χ1) is 13.6. The minimum atomic E-state index is -0.393. The van der Waals surface area contributed by atoms with Crippen molar-refractivity contribution < 1.29 is 18.7 Å². The molecule has 0 unspecified atom stereocenters. The maximum Gasteiger partial charge on any atom is 0.337 e. The van der Waals surface area contributed by atoms with Crippen LogP contribution in [-0.4, -0.2) is 19.1 Å². The molecule has 0 radical (unpaired) electrons. The van der Waals surface area contributed by atoms with Crippen molar-refractivity contribution in [3.05, 3.63) is 71.0 Å². The molecule has 0 spiro atoms. The molecule has 1 atom stereocenters. The highest BCUT2D eigenvalue weighted by Crippen LogP contribution is 2.35. The Kier molecular flexibility index (Phi) is 6.63. The zero-order valence-corrected chi connectivity index (χ0v) is 15.9. The maximum absolute atomic E-state index is 13.3. The molecule has 2 N–H and O–H groups in total. The molecule has 1 saturated carbocycles. The lowest BCUT2D eigenvalue weighted by Crippen LogP contribution is -2.40. The van der Waals surface area contributed by atoms with Gasteiger partial charge >= 0.3 is 12.0 Å². The van der Waals surface area contributed by atoms with Gasteiger partial charge in [0.25, 0.3) is 0 Å². The topological polar surface area (TPSA) is 67.4 Å². The van der Waals surface area contributed by atoms with Gasteiger partial charge in [-0.05, 0) is 54.2 Å². The van der Waals surface area contributed by atoms with E-state index >= 15 is 0 Å². The summed E-state index contributed by atoms with van der Waals surface area (Å²) in [5.41, 5.74) is 2.26. The Labute approximate surface area is 164 Å². The van der Waals surface area contributed by atoms with E-state index < -0.39 is 5.97 Å². The van der Waals surface area contributed by atoms with Crippen molar-refractivity contribution in [1.82, 2.24) is 10.6 Å². The number of methoxy groups -OCH3 is 1. The van der Waals surface area contributed by atoms with Gasteiger partial charge in [0.2, 0.25) is 0 Å². The van der Waals surface area contributed by atoms with Gasteiger partial charge in [-0.3, -0.25) is 0 Å². The third kappa shape index (κ3) is 5.09. The first-order valence-electron chi connectivity index (χ1n) is 9.54. The molecule has 1 fully saturated rings. The second kappa shape index (κ2) is 9.35. The van der Waals surface area contributed by atoms with Crippen LogP contribution < -0.4 is 10.6 Å². The Balaban J connectivity index is 1.60. The number of hydrogen-bond donors (Lipinski definition) is 2. The van der Waals surface area contributed by atoms with Gasteiger partial charge in [-0.1, -0.05) is 37.1 Å². The number of nitrogens with one attached hydrogen (secondary N) is 2. The van der Waals surface area contributed by atoms with Crippen LogP contribution in [0.15, 0.2) is 48.5 Å². The van der Waals surface area contributed by atoms with Crippen molar-refractivity contribution >= 4 is 12.0 Å². The normalized spacial score (nSPS) is 15.1. The lowest BCUT2D eigenvalue weighted by molar-refractivity contribution is 0.0600. The average molecular weight is 384 g/mol. The molecular formula is C22H25FN2O3. The number of urea groups is 1. The summed E-state index contributed by atoms with van der Waals surface area (Å²) in [5.74, 6) is -0.319. The minimum absolute atomic E-state index is 0.134. The number of carbonyl (C=O) groups is 2. The second-order valence-corrected chi connectivity index (χ2v) is 7.09. The molecule has 0 bridgehead atoms. The molecule has 2 amide bonds. The molecule has 148 valence electrons. The van der Waals surface area contributed by atoms with Crippen molar-refractivity contribution in [3.8, 4) is 0 Å². The Bertz CT molecular complexity index is 800. The van der Waals surface area contributed by atoms with Crippen LogP contribution in [0.1, 0.15) is 53.2 Å². The smallest absolute Gasteiger partial charge is 0.337 e. The standard InChI is InChI=1S/C22H25FN2O3/c1-28-21(26)18-8-6-15(7-9-18)14-24-22(27)25-20(16-4-2-3-5-16)17-10-12-19(23)13-11-17/h6-13,16,20H,2-5,14H2,1H3,(H2,24,25,27)/t20-/m0/s1. The first kappa shape index (κ1) is 19.9. The number of rotatable bonds is 6. The highest BCUT2D eigenvalue weighted by Gasteiger charge is 2.27. The van der Waals surface area contributed by atoms with Gasteiger partial charge < -0.3 is 15.4 Å². The Morgan fingerprint density at radius 3 is 2.32 bits per heavy atom. The lowest BCUT2D eigenvalue weighted by Gasteiger charge is -2.25. The highest BCUT2D eigenvalue weighted by molar-refractivity contribution is 5.89. The number of ether oxygens (including phenoxy) is 1. The molecule has 5 nitrogen and oxygen atoms in total. The number of esters is 1. The molecule has 6 heteroatoms. The van der Waals surface area contributed by atoms with Crippen LogP contribution >= 0.6 is 0 Å². The number of amides is 2. The third-order valence-corrected chi connectivity index (χ3v) is 5.22. The van der Waals surface area contributed by atoms with Crippen molar-refractivity contribution in [3.63, 3.8) is 0 Å². The summed E-state index contributed by atoms with van der Waals surface area (Å²) in [6.07, 6.45) is 4.41. The van der Waals surface area contributed by atoms with E-state index in [-0.39, 0.29) is 17.9 Å². The Morgan fingerprint density at radius 2 is 1.71 bits per heavy atom. The van der Waals surface area contributed by atoms with Crippen molar-refractivity contribution in [2.45, 2.75) is 38.3 Å². The molecule has 0 aliphatic heterocycles. The summed E-state index contributed by atoms with van der Waals surface area (Å²) in [6, 6.07) is 12.8. The van der Waals surface area contributed by atoms with Gasteiger partial charge in [0.1, 0.15) is 5.82 Å². The average Bonchev–Trinajstić information content (AvgIpc) is 3.25. The van der Waals surface area contributed by atoms with Crippen LogP contribution in [0.25, 0.3) is 0 Å². The van der Waals surface area contributed by atoms with E-state index in [0.29, 0.717) is 18.0 Å². The molecular weight excluding hydrogens is 359 g/mol. The zero-order chi connectivity index (χ0) is 19.9.